The van der Waals surface area contributed by atoms with Gasteiger partial charge in [-0.25, -0.2) is 4.79 Å². The van der Waals surface area contributed by atoms with E-state index in [-0.39, 0.29) is 42.0 Å². The zero-order chi connectivity index (χ0) is 32.1. The molecule has 6 rings (SSSR count). The summed E-state index contributed by atoms with van der Waals surface area (Å²) in [4.78, 5) is 34.1. The summed E-state index contributed by atoms with van der Waals surface area (Å²) in [7, 11) is 5.37. The average molecular weight is 612 g/mol. The van der Waals surface area contributed by atoms with E-state index in [0.717, 1.165) is 23.2 Å². The molecule has 4 aliphatic carbocycles. The molecule has 10 heteroatoms. The number of carboxylic acids is 1. The van der Waals surface area contributed by atoms with E-state index in [1.165, 1.54) is 6.42 Å². The number of allylic oxidation sites excluding steroid dienone is 2. The van der Waals surface area contributed by atoms with Gasteiger partial charge in [0.25, 0.3) is 0 Å². The van der Waals surface area contributed by atoms with Gasteiger partial charge in [0.15, 0.2) is 0 Å². The van der Waals surface area contributed by atoms with Crippen LogP contribution in [0.1, 0.15) is 64.0 Å². The number of methoxy groups -OCH3 is 1. The lowest BCUT2D eigenvalue weighted by atomic mass is 9.45. The summed E-state index contributed by atoms with van der Waals surface area (Å²) in [5.74, 6) is -0.00689. The van der Waals surface area contributed by atoms with E-state index in [4.69, 9.17) is 9.57 Å². The molecule has 4 N–H and O–H groups in total. The third kappa shape index (κ3) is 5.77. The Bertz CT molecular complexity index is 1320. The first-order valence-corrected chi connectivity index (χ1v) is 15.8. The lowest BCUT2D eigenvalue weighted by molar-refractivity contribution is -0.183. The number of para-hydroxylation sites is 1. The van der Waals surface area contributed by atoms with E-state index in [1.54, 1.807) is 31.2 Å². The fourth-order valence-corrected chi connectivity index (χ4v) is 8.35. The second kappa shape index (κ2) is 12.5. The monoisotopic (exact) mass is 611 g/mol. The summed E-state index contributed by atoms with van der Waals surface area (Å²) in [6.45, 7) is 8.34. The topological polar surface area (TPSA) is 132 Å². The molecule has 44 heavy (non-hydrogen) atoms. The smallest absolute Gasteiger partial charge is 0.335 e. The second-order valence-electron chi connectivity index (χ2n) is 14.0. The van der Waals surface area contributed by atoms with Gasteiger partial charge in [-0.2, -0.15) is 5.06 Å². The molecule has 1 aromatic carbocycles. The Balaban J connectivity index is 1.43. The molecule has 1 aromatic rings. The van der Waals surface area contributed by atoms with Crippen LogP contribution in [0.25, 0.3) is 0 Å². The number of hydrogen-bond donors (Lipinski definition) is 4. The fraction of sp³-hybridized carbons (Fsp3) is 0.647. The van der Waals surface area contributed by atoms with Gasteiger partial charge in [-0.05, 0) is 55.4 Å². The molecule has 1 aliphatic heterocycles. The number of hydrogen-bond acceptors (Lipinski definition) is 8. The van der Waals surface area contributed by atoms with Crippen molar-refractivity contribution < 1.29 is 34.5 Å². The quantitative estimate of drug-likeness (QED) is 0.315. The van der Waals surface area contributed by atoms with Gasteiger partial charge in [0.2, 0.25) is 5.91 Å². The van der Waals surface area contributed by atoms with E-state index in [2.05, 4.69) is 26.1 Å². The number of aliphatic carboxylic acids is 1. The molecule has 0 spiro atoms. The van der Waals surface area contributed by atoms with Crippen LogP contribution in [0.5, 0.6) is 5.75 Å². The van der Waals surface area contributed by atoms with Gasteiger partial charge >= 0.3 is 5.97 Å². The normalized spacial score (nSPS) is 33.5. The third-order valence-corrected chi connectivity index (χ3v) is 11.1. The van der Waals surface area contributed by atoms with Gasteiger partial charge in [-0.3, -0.25) is 9.63 Å². The van der Waals surface area contributed by atoms with Crippen LogP contribution in [0.15, 0.2) is 41.6 Å². The first-order valence-electron chi connectivity index (χ1n) is 15.8. The molecule has 1 unspecified atom stereocenters. The van der Waals surface area contributed by atoms with Crippen molar-refractivity contribution >= 4 is 11.9 Å². The van der Waals surface area contributed by atoms with Crippen LogP contribution in [0.4, 0.5) is 0 Å². The summed E-state index contributed by atoms with van der Waals surface area (Å²) in [5.41, 5.74) is 2.99. The molecule has 1 saturated heterocycles. The molecule has 0 radical (unpaired) electrons. The van der Waals surface area contributed by atoms with Crippen molar-refractivity contribution in [2.24, 2.45) is 29.1 Å². The molecular weight excluding hydrogens is 562 g/mol. The summed E-state index contributed by atoms with van der Waals surface area (Å²) < 4.78 is 5.94. The SMILES string of the molecule is COc1c(CN2O[C@@H](CO)[C@@H]([C@H](C)O)[C@H]2C(=O)N[C@H]2C[C@H]3C[C@@H]([C@@H]2C)C3(C)C)cccc1C1C=C(C(=O)O)C=C(N(C)C)C1. The largest absolute Gasteiger partial charge is 0.496 e. The van der Waals surface area contributed by atoms with Gasteiger partial charge in [-0.15, -0.1) is 0 Å². The molecule has 2 bridgehead atoms. The number of ether oxygens (including phenoxy) is 1. The summed E-state index contributed by atoms with van der Waals surface area (Å²) >= 11 is 0. The fourth-order valence-electron chi connectivity index (χ4n) is 8.35. The number of carbonyl (C=O) groups excluding carboxylic acids is 1. The Morgan fingerprint density at radius 1 is 1.25 bits per heavy atom. The maximum Gasteiger partial charge on any atom is 0.335 e. The van der Waals surface area contributed by atoms with Crippen LogP contribution < -0.4 is 10.1 Å². The number of nitrogens with one attached hydrogen (secondary N) is 1. The molecular formula is C34H49N3O7. The van der Waals surface area contributed by atoms with Gasteiger partial charge in [0.05, 0.1) is 31.9 Å². The van der Waals surface area contributed by atoms with Crippen molar-refractivity contribution in [3.8, 4) is 5.75 Å². The molecule has 10 nitrogen and oxygen atoms in total. The summed E-state index contributed by atoms with van der Waals surface area (Å²) in [6.07, 6.45) is 4.54. The lowest BCUT2D eigenvalue weighted by Gasteiger charge is -2.62. The molecule has 242 valence electrons. The van der Waals surface area contributed by atoms with Gasteiger partial charge in [0, 0.05) is 48.8 Å². The number of aliphatic hydroxyl groups excluding tert-OH is 2. The Morgan fingerprint density at radius 3 is 2.55 bits per heavy atom. The Hall–Kier alpha value is -2.92. The van der Waals surface area contributed by atoms with Crippen LogP contribution in [-0.4, -0.2) is 89.3 Å². The van der Waals surface area contributed by atoms with Crippen molar-refractivity contribution in [2.75, 3.05) is 27.8 Å². The van der Waals surface area contributed by atoms with Crippen LogP contribution in [0.2, 0.25) is 0 Å². The number of rotatable bonds is 10. The number of carboxylic acid groups (broad SMARTS) is 1. The summed E-state index contributed by atoms with van der Waals surface area (Å²) in [5, 5.41) is 35.7. The highest BCUT2D eigenvalue weighted by atomic mass is 16.7. The molecule has 3 saturated carbocycles. The zero-order valence-corrected chi connectivity index (χ0v) is 27.0. The molecule has 0 aromatic heterocycles. The molecule has 4 fully saturated rings. The number of aliphatic hydroxyl groups is 2. The van der Waals surface area contributed by atoms with E-state index in [1.807, 2.05) is 37.2 Å². The minimum Gasteiger partial charge on any atom is -0.496 e. The lowest BCUT2D eigenvalue weighted by Crippen LogP contribution is -2.62. The van der Waals surface area contributed by atoms with Crippen LogP contribution >= 0.6 is 0 Å². The number of hydroxylamine groups is 2. The average Bonchev–Trinajstić information content (AvgIpc) is 3.36. The number of benzene rings is 1. The Morgan fingerprint density at radius 2 is 1.98 bits per heavy atom. The van der Waals surface area contributed by atoms with Crippen molar-refractivity contribution in [1.29, 1.82) is 0 Å². The minimum absolute atomic E-state index is 0.0438. The molecule has 9 atom stereocenters. The molecule has 5 aliphatic rings. The van der Waals surface area contributed by atoms with Crippen LogP contribution in [0.3, 0.4) is 0 Å². The molecule has 1 amide bonds. The highest BCUT2D eigenvalue weighted by Gasteiger charge is 2.57. The van der Waals surface area contributed by atoms with Gasteiger partial charge in [0.1, 0.15) is 17.9 Å². The van der Waals surface area contributed by atoms with E-state index in [9.17, 15) is 24.9 Å². The first-order chi connectivity index (χ1) is 20.8. The van der Waals surface area contributed by atoms with Crippen molar-refractivity contribution in [3.63, 3.8) is 0 Å². The Kier molecular flexibility index (Phi) is 9.20. The van der Waals surface area contributed by atoms with E-state index < -0.39 is 30.1 Å². The predicted molar refractivity (Wildman–Crippen MR) is 165 cm³/mol. The maximum absolute atomic E-state index is 14.1. The number of nitrogens with zero attached hydrogens (tertiary/aromatic N) is 2. The third-order valence-electron chi connectivity index (χ3n) is 11.1. The molecule has 1 heterocycles. The van der Waals surface area contributed by atoms with Crippen LogP contribution in [0, 0.1) is 29.1 Å². The van der Waals surface area contributed by atoms with Crippen molar-refractivity contribution in [2.45, 2.75) is 83.7 Å². The standard InChI is InChI=1S/C34H49N3O7/c1-18-26-14-23(34(26,3)4)15-27(18)35-32(40)30-29(19(2)39)28(17-38)44-37(30)16-20-9-8-10-25(31(20)43-7)21-11-22(33(41)42)13-24(12-21)36(5)6/h8-11,13,18-19,21,23,26-30,38-39H,12,14-17H2,1-7H3,(H,35,40)(H,41,42)/t18-,19-,21?,23+,26-,27-,28-,29+,30-/m0/s1. The van der Waals surface area contributed by atoms with Gasteiger partial charge in [-0.1, -0.05) is 45.0 Å². The highest BCUT2D eigenvalue weighted by molar-refractivity contribution is 5.90. The first kappa shape index (κ1) is 32.5. The second-order valence-corrected chi connectivity index (χ2v) is 14.0. The van der Waals surface area contributed by atoms with Crippen molar-refractivity contribution in [3.05, 3.63) is 52.7 Å². The summed E-state index contributed by atoms with van der Waals surface area (Å²) in [6, 6.07) is 4.95. The van der Waals surface area contributed by atoms with Crippen LogP contribution in [-0.2, 0) is 21.0 Å². The predicted octanol–water partition coefficient (Wildman–Crippen LogP) is 3.30. The Labute approximate surface area is 260 Å². The van der Waals surface area contributed by atoms with Crippen molar-refractivity contribution in [1.82, 2.24) is 15.3 Å². The highest BCUT2D eigenvalue weighted by Crippen LogP contribution is 2.61. The minimum atomic E-state index is -0.990. The number of amides is 1. The number of carbonyl (C=O) groups is 2. The van der Waals surface area contributed by atoms with Gasteiger partial charge < -0.3 is 30.3 Å². The maximum atomic E-state index is 14.1. The van der Waals surface area contributed by atoms with E-state index >= 15 is 0 Å². The van der Waals surface area contributed by atoms with E-state index in [0.29, 0.717) is 29.9 Å². The zero-order valence-electron chi connectivity index (χ0n) is 27.0. The number of fused-ring (bicyclic) bond motifs is 2.